The Bertz CT molecular complexity index is 422. The second kappa shape index (κ2) is 8.17. The molecule has 0 aliphatic carbocycles. The van der Waals surface area contributed by atoms with Gasteiger partial charge in [0.15, 0.2) is 0 Å². The van der Waals surface area contributed by atoms with Crippen LogP contribution >= 0.6 is 15.9 Å². The lowest BCUT2D eigenvalue weighted by atomic mass is 10.2. The molecule has 19 heavy (non-hydrogen) atoms. The van der Waals surface area contributed by atoms with Crippen molar-refractivity contribution in [2.75, 3.05) is 13.7 Å². The van der Waals surface area contributed by atoms with Gasteiger partial charge in [0, 0.05) is 25.2 Å². The fraction of sp³-hybridized carbons (Fsp3) is 0.500. The molecule has 0 aromatic heterocycles. The topological polar surface area (TPSA) is 50.4 Å². The number of rotatable bonds is 7. The zero-order valence-electron chi connectivity index (χ0n) is 11.6. The number of benzene rings is 1. The molecule has 1 aromatic rings. The quantitative estimate of drug-likeness (QED) is 0.808. The van der Waals surface area contributed by atoms with Crippen LogP contribution in [0.5, 0.6) is 5.75 Å². The molecular weight excluding hydrogens is 308 g/mol. The summed E-state index contributed by atoms with van der Waals surface area (Å²) < 4.78 is 6.63. The van der Waals surface area contributed by atoms with E-state index >= 15 is 0 Å². The smallest absolute Gasteiger partial charge is 0.223 e. The van der Waals surface area contributed by atoms with Crippen LogP contribution in [0.1, 0.15) is 25.8 Å². The Kier molecular flexibility index (Phi) is 6.87. The molecule has 0 unspecified atom stereocenters. The zero-order chi connectivity index (χ0) is 14.3. The molecule has 0 atom stereocenters. The molecule has 0 spiro atoms. The van der Waals surface area contributed by atoms with Crippen LogP contribution in [0.15, 0.2) is 22.7 Å². The molecule has 1 aromatic carbocycles. The summed E-state index contributed by atoms with van der Waals surface area (Å²) in [5.74, 6) is 0.786. The first-order chi connectivity index (χ1) is 9.04. The van der Waals surface area contributed by atoms with Gasteiger partial charge in [0.25, 0.3) is 0 Å². The minimum Gasteiger partial charge on any atom is -0.492 e. The van der Waals surface area contributed by atoms with Crippen molar-refractivity contribution >= 4 is 21.8 Å². The molecule has 4 nitrogen and oxygen atoms in total. The summed E-state index contributed by atoms with van der Waals surface area (Å²) in [7, 11) is 1.62. The summed E-state index contributed by atoms with van der Waals surface area (Å²) in [5, 5.41) is 5.94. The van der Waals surface area contributed by atoms with Crippen molar-refractivity contribution in [3.8, 4) is 5.75 Å². The summed E-state index contributed by atoms with van der Waals surface area (Å²) >= 11 is 3.49. The minimum atomic E-state index is -0.0195. The first-order valence-corrected chi connectivity index (χ1v) is 7.18. The Hall–Kier alpha value is -1.07. The zero-order valence-corrected chi connectivity index (χ0v) is 13.2. The summed E-state index contributed by atoms with van der Waals surface area (Å²) in [5.41, 5.74) is 1.08. The lowest BCUT2D eigenvalue weighted by Crippen LogP contribution is -2.23. The van der Waals surface area contributed by atoms with Crippen LogP contribution in [0, 0.1) is 0 Å². The number of hydrogen-bond acceptors (Lipinski definition) is 3. The number of para-hydroxylation sites is 1. The van der Waals surface area contributed by atoms with Crippen molar-refractivity contribution in [1.82, 2.24) is 10.6 Å². The van der Waals surface area contributed by atoms with Crippen LogP contribution in [0.25, 0.3) is 0 Å². The molecule has 0 aliphatic heterocycles. The van der Waals surface area contributed by atoms with Gasteiger partial charge in [-0.1, -0.05) is 26.0 Å². The highest BCUT2D eigenvalue weighted by atomic mass is 79.9. The molecule has 0 saturated carbocycles. The fourth-order valence-corrected chi connectivity index (χ4v) is 2.06. The molecule has 1 amide bonds. The highest BCUT2D eigenvalue weighted by Crippen LogP contribution is 2.29. The Morgan fingerprint density at radius 3 is 2.79 bits per heavy atom. The molecule has 0 radical (unpaired) electrons. The van der Waals surface area contributed by atoms with Gasteiger partial charge in [0.2, 0.25) is 5.91 Å². The molecule has 5 heteroatoms. The van der Waals surface area contributed by atoms with E-state index in [4.69, 9.17) is 4.74 Å². The molecule has 0 aliphatic rings. The van der Waals surface area contributed by atoms with E-state index in [9.17, 15) is 4.79 Å². The van der Waals surface area contributed by atoms with E-state index < -0.39 is 0 Å². The maximum atomic E-state index is 11.2. The van der Waals surface area contributed by atoms with E-state index in [1.807, 2.05) is 18.2 Å². The van der Waals surface area contributed by atoms with Gasteiger partial charge in [-0.15, -0.1) is 0 Å². The summed E-state index contributed by atoms with van der Waals surface area (Å²) in [6, 6.07) is 6.36. The number of amides is 1. The van der Waals surface area contributed by atoms with Crippen LogP contribution in [0.4, 0.5) is 0 Å². The van der Waals surface area contributed by atoms with Crippen molar-refractivity contribution in [2.24, 2.45) is 0 Å². The van der Waals surface area contributed by atoms with Crippen molar-refractivity contribution in [1.29, 1.82) is 0 Å². The average Bonchev–Trinajstić information content (AvgIpc) is 2.38. The van der Waals surface area contributed by atoms with E-state index in [0.29, 0.717) is 19.1 Å². The van der Waals surface area contributed by atoms with Gasteiger partial charge in [-0.05, 0) is 22.0 Å². The highest BCUT2D eigenvalue weighted by Gasteiger charge is 2.09. The molecule has 106 valence electrons. The molecule has 0 bridgehead atoms. The minimum absolute atomic E-state index is 0.0195. The highest BCUT2D eigenvalue weighted by molar-refractivity contribution is 9.10. The predicted molar refractivity (Wildman–Crippen MR) is 80.3 cm³/mol. The van der Waals surface area contributed by atoms with E-state index in [0.717, 1.165) is 22.3 Å². The Morgan fingerprint density at radius 1 is 1.42 bits per heavy atom. The third-order valence-electron chi connectivity index (χ3n) is 2.60. The fourth-order valence-electron chi connectivity index (χ4n) is 1.54. The molecule has 1 rings (SSSR count). The van der Waals surface area contributed by atoms with Gasteiger partial charge in [0.1, 0.15) is 5.75 Å². The number of nitrogens with one attached hydrogen (secondary N) is 2. The van der Waals surface area contributed by atoms with Crippen LogP contribution in [0.2, 0.25) is 0 Å². The number of carbonyl (C=O) groups is 1. The molecular formula is C14H21BrN2O2. The van der Waals surface area contributed by atoms with Crippen LogP contribution in [0.3, 0.4) is 0 Å². The third-order valence-corrected chi connectivity index (χ3v) is 3.23. The van der Waals surface area contributed by atoms with Crippen molar-refractivity contribution in [3.63, 3.8) is 0 Å². The molecule has 0 saturated heterocycles. The molecule has 0 heterocycles. The van der Waals surface area contributed by atoms with Crippen molar-refractivity contribution in [3.05, 3.63) is 28.2 Å². The van der Waals surface area contributed by atoms with Gasteiger partial charge in [0.05, 0.1) is 17.5 Å². The standard InChI is InChI=1S/C14H21BrN2O2/c1-10(2)17-9-11-5-4-6-12(15)14(11)19-8-7-13(18)16-3/h4-6,10,17H,7-9H2,1-3H3,(H,16,18). The first kappa shape index (κ1) is 16.0. The summed E-state index contributed by atoms with van der Waals surface area (Å²) in [6.07, 6.45) is 0.356. The SMILES string of the molecule is CNC(=O)CCOc1c(Br)cccc1CNC(C)C. The Labute approximate surface area is 123 Å². The maximum Gasteiger partial charge on any atom is 0.223 e. The van der Waals surface area contributed by atoms with E-state index in [2.05, 4.69) is 40.4 Å². The van der Waals surface area contributed by atoms with Gasteiger partial charge < -0.3 is 15.4 Å². The predicted octanol–water partition coefficient (Wildman–Crippen LogP) is 2.46. The van der Waals surface area contributed by atoms with E-state index in [1.165, 1.54) is 0 Å². The number of halogens is 1. The number of hydrogen-bond donors (Lipinski definition) is 2. The monoisotopic (exact) mass is 328 g/mol. The van der Waals surface area contributed by atoms with Gasteiger partial charge >= 0.3 is 0 Å². The van der Waals surface area contributed by atoms with Crippen LogP contribution in [-0.4, -0.2) is 25.6 Å². The van der Waals surface area contributed by atoms with Crippen LogP contribution < -0.4 is 15.4 Å². The van der Waals surface area contributed by atoms with E-state index in [-0.39, 0.29) is 5.91 Å². The lowest BCUT2D eigenvalue weighted by Gasteiger charge is -2.15. The normalized spacial score (nSPS) is 10.6. The maximum absolute atomic E-state index is 11.2. The Morgan fingerprint density at radius 2 is 2.16 bits per heavy atom. The molecule has 2 N–H and O–H groups in total. The largest absolute Gasteiger partial charge is 0.492 e. The third kappa shape index (κ3) is 5.61. The summed E-state index contributed by atoms with van der Waals surface area (Å²) in [4.78, 5) is 11.2. The van der Waals surface area contributed by atoms with Gasteiger partial charge in [-0.3, -0.25) is 4.79 Å². The molecule has 0 fully saturated rings. The Balaban J connectivity index is 2.66. The van der Waals surface area contributed by atoms with Crippen molar-refractivity contribution in [2.45, 2.75) is 32.9 Å². The van der Waals surface area contributed by atoms with Crippen LogP contribution in [-0.2, 0) is 11.3 Å². The second-order valence-corrected chi connectivity index (χ2v) is 5.39. The number of ether oxygens (including phenoxy) is 1. The van der Waals surface area contributed by atoms with Crippen molar-refractivity contribution < 1.29 is 9.53 Å². The second-order valence-electron chi connectivity index (χ2n) is 4.54. The van der Waals surface area contributed by atoms with Gasteiger partial charge in [-0.25, -0.2) is 0 Å². The average molecular weight is 329 g/mol. The first-order valence-electron chi connectivity index (χ1n) is 6.38. The van der Waals surface area contributed by atoms with Gasteiger partial charge in [-0.2, -0.15) is 0 Å². The summed E-state index contributed by atoms with van der Waals surface area (Å²) in [6.45, 7) is 5.32. The lowest BCUT2D eigenvalue weighted by molar-refractivity contribution is -0.121. The van der Waals surface area contributed by atoms with E-state index in [1.54, 1.807) is 7.05 Å². The number of carbonyl (C=O) groups excluding carboxylic acids is 1.